The topological polar surface area (TPSA) is 154 Å². The third-order valence-electron chi connectivity index (χ3n) is 14.5. The predicted molar refractivity (Wildman–Crippen MR) is 161 cm³/mol. The predicted octanol–water partition coefficient (Wildman–Crippen LogP) is 3.99. The van der Waals surface area contributed by atoms with Gasteiger partial charge < -0.3 is 35.0 Å². The largest absolute Gasteiger partial charge is 0.479 e. The Kier molecular flexibility index (Phi) is 7.46. The van der Waals surface area contributed by atoms with Gasteiger partial charge in [-0.25, -0.2) is 4.79 Å². The van der Waals surface area contributed by atoms with Crippen LogP contribution in [0.4, 0.5) is 0 Å². The van der Waals surface area contributed by atoms with Crippen molar-refractivity contribution in [1.29, 1.82) is 0 Å². The third kappa shape index (κ3) is 4.32. The monoisotopic (exact) mass is 618 g/mol. The third-order valence-corrected chi connectivity index (χ3v) is 14.5. The highest BCUT2D eigenvalue weighted by molar-refractivity contribution is 5.91. The average molecular weight is 619 g/mol. The van der Waals surface area contributed by atoms with Gasteiger partial charge in [0.1, 0.15) is 23.9 Å². The maximum atomic E-state index is 13.9. The Hall–Kier alpha value is -1.36. The number of aliphatic hydroxyl groups excluding tert-OH is 3. The van der Waals surface area contributed by atoms with E-state index < -0.39 is 42.3 Å². The summed E-state index contributed by atoms with van der Waals surface area (Å²) in [5.74, 6) is -0.965. The van der Waals surface area contributed by atoms with Crippen LogP contribution in [0, 0.1) is 44.8 Å². The molecule has 13 atom stereocenters. The summed E-state index contributed by atoms with van der Waals surface area (Å²) in [6.45, 7) is 16.0. The molecule has 0 spiro atoms. The standard InChI is InChI=1S/C35H54O9/c1-30(2)14-15-35(42)19(16-30)18-8-9-21-32(5)12-11-23(43-29-26(39)24(37)25(38)27(44-29)28(40)41)31(3,4)20(32)10-13-33(21,6)34(18,7)17-22(35)36/h8,19-21,23-27,29,37-39,42H,9-17H2,1-7H3,(H,40,41)/t19-,20-,21+,23-,24-,25-,26+,27-,29+,32-,33+,34+,35+/m0/s1. The summed E-state index contributed by atoms with van der Waals surface area (Å²) in [7, 11) is 0. The zero-order valence-corrected chi connectivity index (χ0v) is 27.5. The first kappa shape index (κ1) is 32.6. The number of carbonyl (C=O) groups is 2. The zero-order valence-electron chi connectivity index (χ0n) is 27.5. The van der Waals surface area contributed by atoms with Crippen LogP contribution in [-0.2, 0) is 19.1 Å². The van der Waals surface area contributed by atoms with E-state index in [-0.39, 0.29) is 50.8 Å². The maximum absolute atomic E-state index is 13.9. The van der Waals surface area contributed by atoms with Crippen molar-refractivity contribution in [1.82, 2.24) is 0 Å². The van der Waals surface area contributed by atoms with Gasteiger partial charge in [-0.15, -0.1) is 0 Å². The minimum atomic E-state index is -1.76. The van der Waals surface area contributed by atoms with E-state index in [4.69, 9.17) is 9.47 Å². The molecule has 9 heteroatoms. The van der Waals surface area contributed by atoms with Crippen molar-refractivity contribution in [3.63, 3.8) is 0 Å². The number of hydrogen-bond acceptors (Lipinski definition) is 8. The first-order valence-corrected chi connectivity index (χ1v) is 16.8. The van der Waals surface area contributed by atoms with Gasteiger partial charge in [0, 0.05) is 17.8 Å². The number of Topliss-reactive ketones (excluding diaryl/α,β-unsaturated/α-hetero) is 1. The van der Waals surface area contributed by atoms with Gasteiger partial charge in [0.05, 0.1) is 6.10 Å². The number of hydrogen-bond donors (Lipinski definition) is 5. The smallest absolute Gasteiger partial charge is 0.335 e. The van der Waals surface area contributed by atoms with Gasteiger partial charge in [0.2, 0.25) is 0 Å². The van der Waals surface area contributed by atoms with Crippen LogP contribution < -0.4 is 0 Å². The molecule has 9 nitrogen and oxygen atoms in total. The van der Waals surface area contributed by atoms with Crippen LogP contribution in [-0.4, -0.2) is 79.7 Å². The Morgan fingerprint density at radius 2 is 1.59 bits per heavy atom. The van der Waals surface area contributed by atoms with Crippen LogP contribution in [0.15, 0.2) is 11.6 Å². The molecule has 6 aliphatic rings. The summed E-state index contributed by atoms with van der Waals surface area (Å²) in [5, 5.41) is 52.5. The van der Waals surface area contributed by atoms with E-state index >= 15 is 0 Å². The van der Waals surface area contributed by atoms with Gasteiger partial charge >= 0.3 is 5.97 Å². The molecular weight excluding hydrogens is 564 g/mol. The molecule has 1 heterocycles. The SMILES string of the molecule is CC1(C)CC[C@]2(O)C(=O)C[C@]3(C)C(=CC[C@@H]4[C@@]5(C)CC[C@H](O[C@@H]6O[C@H](C(=O)O)[C@@H](O)[C@H](O)[C@H]6O)C(C)(C)[C@@H]5CC[C@]43C)[C@@H]2C1. The summed E-state index contributed by atoms with van der Waals surface area (Å²) in [5.41, 5.74) is -0.741. The van der Waals surface area contributed by atoms with E-state index in [9.17, 15) is 35.1 Å². The van der Waals surface area contributed by atoms with Crippen molar-refractivity contribution in [3.05, 3.63) is 11.6 Å². The lowest BCUT2D eigenvalue weighted by Gasteiger charge is -2.71. The fourth-order valence-corrected chi connectivity index (χ4v) is 11.6. The Balaban J connectivity index is 1.29. The quantitative estimate of drug-likeness (QED) is 0.233. The Labute approximate surface area is 261 Å². The van der Waals surface area contributed by atoms with E-state index in [1.807, 2.05) is 0 Å². The number of rotatable bonds is 3. The lowest BCUT2D eigenvalue weighted by Crippen LogP contribution is -2.67. The Morgan fingerprint density at radius 1 is 0.909 bits per heavy atom. The number of allylic oxidation sites excluding steroid dienone is 1. The summed E-state index contributed by atoms with van der Waals surface area (Å²) in [4.78, 5) is 25.6. The van der Waals surface area contributed by atoms with E-state index in [0.29, 0.717) is 25.2 Å². The van der Waals surface area contributed by atoms with E-state index in [1.54, 1.807) is 0 Å². The lowest BCUT2D eigenvalue weighted by atomic mass is 9.34. The summed E-state index contributed by atoms with van der Waals surface area (Å²) in [6, 6.07) is 0. The molecule has 1 saturated heterocycles. The molecule has 0 aromatic heterocycles. The number of aliphatic carboxylic acids is 1. The van der Waals surface area contributed by atoms with Crippen LogP contribution >= 0.6 is 0 Å². The van der Waals surface area contributed by atoms with Crippen LogP contribution in [0.3, 0.4) is 0 Å². The van der Waals surface area contributed by atoms with E-state index in [2.05, 4.69) is 54.5 Å². The number of aliphatic hydroxyl groups is 4. The molecular formula is C35H54O9. The highest BCUT2D eigenvalue weighted by Crippen LogP contribution is 2.74. The van der Waals surface area contributed by atoms with Crippen LogP contribution in [0.1, 0.15) is 106 Å². The molecule has 44 heavy (non-hydrogen) atoms. The molecule has 1 aliphatic heterocycles. The molecule has 5 aliphatic carbocycles. The fraction of sp³-hybridized carbons (Fsp3) is 0.886. The van der Waals surface area contributed by atoms with Crippen molar-refractivity contribution >= 4 is 11.8 Å². The molecule has 0 aromatic rings. The molecule has 5 fully saturated rings. The van der Waals surface area contributed by atoms with Crippen LogP contribution in [0.5, 0.6) is 0 Å². The minimum absolute atomic E-state index is 0.0160. The van der Waals surface area contributed by atoms with Crippen molar-refractivity contribution in [2.75, 3.05) is 0 Å². The number of fused-ring (bicyclic) bond motifs is 7. The van der Waals surface area contributed by atoms with Gasteiger partial charge in [-0.2, -0.15) is 0 Å². The number of carboxylic acid groups (broad SMARTS) is 1. The summed E-state index contributed by atoms with van der Waals surface area (Å²) >= 11 is 0. The summed E-state index contributed by atoms with van der Waals surface area (Å²) < 4.78 is 11.8. The minimum Gasteiger partial charge on any atom is -0.479 e. The molecule has 248 valence electrons. The highest BCUT2D eigenvalue weighted by atomic mass is 16.7. The number of carboxylic acids is 1. The van der Waals surface area contributed by atoms with Crippen molar-refractivity contribution in [3.8, 4) is 0 Å². The van der Waals surface area contributed by atoms with Gasteiger partial charge in [-0.3, -0.25) is 4.79 Å². The number of carbonyl (C=O) groups excluding carboxylic acids is 1. The molecule has 6 rings (SSSR count). The molecule has 0 aromatic carbocycles. The zero-order chi connectivity index (χ0) is 32.4. The molecule has 0 amide bonds. The number of ketones is 1. The van der Waals surface area contributed by atoms with E-state index in [0.717, 1.165) is 38.5 Å². The van der Waals surface area contributed by atoms with Crippen LogP contribution in [0.2, 0.25) is 0 Å². The van der Waals surface area contributed by atoms with Crippen molar-refractivity contribution in [2.45, 2.75) is 149 Å². The summed E-state index contributed by atoms with van der Waals surface area (Å²) in [6.07, 6.45) is 0.855. The normalized spacial score (nSPS) is 52.9. The number of ether oxygens (including phenoxy) is 2. The second-order valence-corrected chi connectivity index (χ2v) is 17.5. The lowest BCUT2D eigenvalue weighted by molar-refractivity contribution is -0.324. The molecule has 4 saturated carbocycles. The highest BCUT2D eigenvalue weighted by Gasteiger charge is 2.70. The molecule has 0 radical (unpaired) electrons. The first-order valence-electron chi connectivity index (χ1n) is 16.8. The van der Waals surface area contributed by atoms with Gasteiger partial charge in [0.15, 0.2) is 18.2 Å². The van der Waals surface area contributed by atoms with Gasteiger partial charge in [-0.05, 0) is 84.9 Å². The second kappa shape index (κ2) is 10.1. The van der Waals surface area contributed by atoms with Crippen LogP contribution in [0.25, 0.3) is 0 Å². The maximum Gasteiger partial charge on any atom is 0.335 e. The van der Waals surface area contributed by atoms with Gasteiger partial charge in [0.25, 0.3) is 0 Å². The molecule has 0 bridgehead atoms. The Bertz CT molecular complexity index is 1240. The fourth-order valence-electron chi connectivity index (χ4n) is 11.6. The Morgan fingerprint density at radius 3 is 2.25 bits per heavy atom. The average Bonchev–Trinajstić information content (AvgIpc) is 2.92. The van der Waals surface area contributed by atoms with E-state index in [1.165, 1.54) is 5.57 Å². The molecule has 5 N–H and O–H groups in total. The first-order chi connectivity index (χ1) is 20.2. The van der Waals surface area contributed by atoms with Gasteiger partial charge in [-0.1, -0.05) is 60.1 Å². The second-order valence-electron chi connectivity index (χ2n) is 17.5. The van der Waals surface area contributed by atoms with Crippen molar-refractivity contribution in [2.24, 2.45) is 44.8 Å². The molecule has 0 unspecified atom stereocenters. The van der Waals surface area contributed by atoms with Crippen molar-refractivity contribution < 1.29 is 44.6 Å².